The average molecular weight is 450 g/mol. The van der Waals surface area contributed by atoms with Gasteiger partial charge in [0.2, 0.25) is 23.6 Å². The van der Waals surface area contributed by atoms with Gasteiger partial charge in [0.25, 0.3) is 0 Å². The maximum atomic E-state index is 13.8. The lowest BCUT2D eigenvalue weighted by Gasteiger charge is -2.46. The molecule has 4 amide bonds. The number of carbonyl (C=O) groups is 4. The van der Waals surface area contributed by atoms with Crippen LogP contribution in [-0.2, 0) is 19.2 Å². The average Bonchev–Trinajstić information content (AvgIpc) is 3.43. The van der Waals surface area contributed by atoms with Gasteiger partial charge in [0.1, 0.15) is 23.1 Å². The maximum absolute atomic E-state index is 13.8. The van der Waals surface area contributed by atoms with Crippen LogP contribution in [0.4, 0.5) is 5.69 Å². The molecule has 1 aromatic heterocycles. The fraction of sp³-hybridized carbons (Fsp3) is 0.440. The number of hydrogen-bond acceptors (Lipinski definition) is 5. The molecule has 0 spiro atoms. The second-order valence-corrected chi connectivity index (χ2v) is 9.24. The zero-order valence-electron chi connectivity index (χ0n) is 19.0. The van der Waals surface area contributed by atoms with Crippen LogP contribution in [0.2, 0.25) is 0 Å². The third-order valence-electron chi connectivity index (χ3n) is 7.24. The summed E-state index contributed by atoms with van der Waals surface area (Å²) < 4.78 is 5.87. The molecule has 33 heavy (non-hydrogen) atoms. The molecule has 0 radical (unpaired) electrons. The molecule has 1 aromatic carbocycles. The van der Waals surface area contributed by atoms with E-state index in [-0.39, 0.29) is 18.4 Å². The Morgan fingerprint density at radius 2 is 1.76 bits per heavy atom. The van der Waals surface area contributed by atoms with Crippen molar-refractivity contribution in [3.8, 4) is 0 Å². The molecule has 8 nitrogen and oxygen atoms in total. The molecule has 0 saturated carbocycles. The highest BCUT2D eigenvalue weighted by atomic mass is 16.3. The van der Waals surface area contributed by atoms with Gasteiger partial charge in [-0.2, -0.15) is 0 Å². The van der Waals surface area contributed by atoms with Crippen LogP contribution in [0.15, 0.2) is 46.9 Å². The van der Waals surface area contributed by atoms with Crippen LogP contribution in [-0.4, -0.2) is 52.1 Å². The smallest absolute Gasteiger partial charge is 0.249 e. The minimum absolute atomic E-state index is 0.0607. The van der Waals surface area contributed by atoms with Crippen molar-refractivity contribution in [1.29, 1.82) is 0 Å². The molecule has 172 valence electrons. The second-order valence-electron chi connectivity index (χ2n) is 9.24. The van der Waals surface area contributed by atoms with Gasteiger partial charge in [0, 0.05) is 6.54 Å². The van der Waals surface area contributed by atoms with Crippen LogP contribution < -0.4 is 4.90 Å². The quantitative estimate of drug-likeness (QED) is 0.655. The third kappa shape index (κ3) is 2.89. The Morgan fingerprint density at radius 3 is 2.39 bits per heavy atom. The zero-order chi connectivity index (χ0) is 23.5. The van der Waals surface area contributed by atoms with E-state index in [0.717, 1.165) is 12.8 Å². The Labute approximate surface area is 192 Å². The molecule has 0 N–H and O–H groups in total. The van der Waals surface area contributed by atoms with Crippen LogP contribution in [0.25, 0.3) is 0 Å². The number of para-hydroxylation sites is 1. The lowest BCUT2D eigenvalue weighted by molar-refractivity contribution is -0.166. The summed E-state index contributed by atoms with van der Waals surface area (Å²) in [5.41, 5.74) is -1.00. The van der Waals surface area contributed by atoms with Gasteiger partial charge < -0.3 is 14.2 Å². The largest absolute Gasteiger partial charge is 0.464 e. The summed E-state index contributed by atoms with van der Waals surface area (Å²) in [6.07, 6.45) is 1.63. The summed E-state index contributed by atoms with van der Waals surface area (Å²) in [7, 11) is 0. The molecule has 4 heterocycles. The second kappa shape index (κ2) is 7.57. The van der Waals surface area contributed by atoms with Crippen molar-refractivity contribution >= 4 is 29.3 Å². The number of amides is 4. The topological polar surface area (TPSA) is 91.1 Å². The number of imide groups is 1. The number of furan rings is 1. The van der Waals surface area contributed by atoms with E-state index in [2.05, 4.69) is 0 Å². The number of anilines is 1. The van der Waals surface area contributed by atoms with E-state index < -0.39 is 35.2 Å². The van der Waals surface area contributed by atoms with Crippen molar-refractivity contribution in [2.45, 2.75) is 45.2 Å². The van der Waals surface area contributed by atoms with Gasteiger partial charge in [-0.3, -0.25) is 19.2 Å². The Morgan fingerprint density at radius 1 is 1.03 bits per heavy atom. The number of carbonyl (C=O) groups excluding carboxylic acids is 4. The number of rotatable bonds is 5. The number of aryl methyl sites for hydroxylation is 1. The maximum Gasteiger partial charge on any atom is 0.249 e. The highest BCUT2D eigenvalue weighted by Gasteiger charge is 2.73. The van der Waals surface area contributed by atoms with Gasteiger partial charge in [-0.25, -0.2) is 4.90 Å². The lowest BCUT2D eigenvalue weighted by atomic mass is 9.79. The number of nitrogens with zero attached hydrogens (tertiary/aromatic N) is 3. The SMILES string of the molecule is CCCCN1CC(=O)N2[C@H](c3ccc(C)o3)[C@@H]3C(=O)N(c4ccccc4)C(=O)[C@@H]3[C@]2(C)C1=O. The van der Waals surface area contributed by atoms with Gasteiger partial charge in [-0.05, 0) is 44.5 Å². The molecule has 8 heteroatoms. The first kappa shape index (κ1) is 21.4. The van der Waals surface area contributed by atoms with Crippen molar-refractivity contribution in [1.82, 2.24) is 9.80 Å². The van der Waals surface area contributed by atoms with Gasteiger partial charge in [0.15, 0.2) is 0 Å². The Kier molecular flexibility index (Phi) is 4.92. The van der Waals surface area contributed by atoms with Crippen LogP contribution in [0.5, 0.6) is 0 Å². The van der Waals surface area contributed by atoms with Crippen LogP contribution in [0.3, 0.4) is 0 Å². The summed E-state index contributed by atoms with van der Waals surface area (Å²) in [6.45, 7) is 5.81. The molecule has 5 rings (SSSR count). The van der Waals surface area contributed by atoms with Crippen molar-refractivity contribution < 1.29 is 23.6 Å². The minimum atomic E-state index is -1.46. The summed E-state index contributed by atoms with van der Waals surface area (Å²) in [5.74, 6) is -2.24. The monoisotopic (exact) mass is 449 g/mol. The molecule has 2 aromatic rings. The number of benzene rings is 1. The molecular weight excluding hydrogens is 422 g/mol. The first-order valence-corrected chi connectivity index (χ1v) is 11.4. The lowest BCUT2D eigenvalue weighted by Crippen LogP contribution is -2.67. The molecule has 0 bridgehead atoms. The molecule has 0 unspecified atom stereocenters. The van der Waals surface area contributed by atoms with Crippen LogP contribution in [0.1, 0.15) is 44.3 Å². The summed E-state index contributed by atoms with van der Waals surface area (Å²) >= 11 is 0. The number of fused-ring (bicyclic) bond motifs is 3. The molecule has 3 aliphatic heterocycles. The van der Waals surface area contributed by atoms with Crippen molar-refractivity contribution in [3.63, 3.8) is 0 Å². The summed E-state index contributed by atoms with van der Waals surface area (Å²) in [5, 5.41) is 0. The van der Waals surface area contributed by atoms with Gasteiger partial charge >= 0.3 is 0 Å². The van der Waals surface area contributed by atoms with Crippen molar-refractivity contribution in [2.24, 2.45) is 11.8 Å². The van der Waals surface area contributed by atoms with E-state index in [0.29, 0.717) is 23.8 Å². The van der Waals surface area contributed by atoms with E-state index >= 15 is 0 Å². The molecule has 3 saturated heterocycles. The number of hydrogen-bond donors (Lipinski definition) is 0. The van der Waals surface area contributed by atoms with E-state index in [9.17, 15) is 19.2 Å². The minimum Gasteiger partial charge on any atom is -0.464 e. The first-order chi connectivity index (χ1) is 15.8. The Balaban J connectivity index is 1.66. The highest BCUT2D eigenvalue weighted by Crippen LogP contribution is 2.57. The third-order valence-corrected chi connectivity index (χ3v) is 7.24. The van der Waals surface area contributed by atoms with Crippen molar-refractivity contribution in [2.75, 3.05) is 18.0 Å². The highest BCUT2D eigenvalue weighted by molar-refractivity contribution is 6.25. The summed E-state index contributed by atoms with van der Waals surface area (Å²) in [4.78, 5) is 59.0. The Bertz CT molecular complexity index is 1140. The van der Waals surface area contributed by atoms with Gasteiger partial charge in [-0.1, -0.05) is 31.5 Å². The number of unbranched alkanes of at least 4 members (excludes halogenated alkanes) is 1. The van der Waals surface area contributed by atoms with E-state index in [1.165, 1.54) is 14.7 Å². The summed E-state index contributed by atoms with van der Waals surface area (Å²) in [6, 6.07) is 11.4. The fourth-order valence-corrected chi connectivity index (χ4v) is 5.76. The van der Waals surface area contributed by atoms with Crippen LogP contribution in [0, 0.1) is 18.8 Å². The van der Waals surface area contributed by atoms with E-state index in [1.54, 1.807) is 50.2 Å². The molecule has 3 fully saturated rings. The standard InChI is InChI=1S/C25H27N3O5/c1-4-5-13-26-14-18(29)28-21(17-12-11-15(2)33-17)19-20(25(28,3)24(26)32)23(31)27(22(19)30)16-9-7-6-8-10-16/h6-12,19-21H,4-5,13-14H2,1-3H3/t19-,20-,21-,25-/m1/s1. The first-order valence-electron chi connectivity index (χ1n) is 11.4. The predicted octanol–water partition coefficient (Wildman–Crippen LogP) is 2.68. The van der Waals surface area contributed by atoms with E-state index in [1.807, 2.05) is 13.0 Å². The van der Waals surface area contributed by atoms with Gasteiger partial charge in [0.05, 0.1) is 24.1 Å². The van der Waals surface area contributed by atoms with E-state index in [4.69, 9.17) is 4.42 Å². The van der Waals surface area contributed by atoms with Crippen LogP contribution >= 0.6 is 0 Å². The van der Waals surface area contributed by atoms with Gasteiger partial charge in [-0.15, -0.1) is 0 Å². The molecular formula is C25H27N3O5. The van der Waals surface area contributed by atoms with Crippen molar-refractivity contribution in [3.05, 3.63) is 54.0 Å². The molecule has 3 aliphatic rings. The number of piperazine rings is 1. The Hall–Kier alpha value is -3.42. The molecule has 0 aliphatic carbocycles. The normalized spacial score (nSPS) is 29.2. The molecule has 4 atom stereocenters. The zero-order valence-corrected chi connectivity index (χ0v) is 19.0. The fourth-order valence-electron chi connectivity index (χ4n) is 5.76. The predicted molar refractivity (Wildman–Crippen MR) is 119 cm³/mol.